The predicted octanol–water partition coefficient (Wildman–Crippen LogP) is 7.39. The van der Waals surface area contributed by atoms with Crippen LogP contribution in [0, 0.1) is 5.92 Å². The molecule has 2 aliphatic heterocycles. The molecular formula is C34H34Cl2F3N3O3. The molecule has 0 bridgehead atoms. The molecule has 0 radical (unpaired) electrons. The summed E-state index contributed by atoms with van der Waals surface area (Å²) < 4.78 is 38.9. The van der Waals surface area contributed by atoms with Crippen LogP contribution in [0.5, 0.6) is 0 Å². The molecule has 11 heteroatoms. The highest BCUT2D eigenvalue weighted by Crippen LogP contribution is 2.36. The summed E-state index contributed by atoms with van der Waals surface area (Å²) in [7, 11) is 1.75. The summed E-state index contributed by atoms with van der Waals surface area (Å²) in [5.41, 5.74) is 1.89. The van der Waals surface area contributed by atoms with Crippen LogP contribution in [0.3, 0.4) is 0 Å². The first-order valence-corrected chi connectivity index (χ1v) is 15.6. The number of alkyl halides is 3. The van der Waals surface area contributed by atoms with Gasteiger partial charge in [-0.05, 0) is 72.4 Å². The Hall–Kier alpha value is -3.56. The Morgan fingerprint density at radius 3 is 1.93 bits per heavy atom. The minimum absolute atomic E-state index is 0.0170. The number of rotatable bonds is 5. The zero-order valence-corrected chi connectivity index (χ0v) is 26.5. The van der Waals surface area contributed by atoms with E-state index in [0.717, 1.165) is 17.7 Å². The number of carbonyl (C=O) groups is 3. The Kier molecular flexibility index (Phi) is 9.80. The highest BCUT2D eigenvalue weighted by atomic mass is 35.5. The van der Waals surface area contributed by atoms with Crippen LogP contribution < -0.4 is 0 Å². The average molecular weight is 661 g/mol. The van der Waals surface area contributed by atoms with Gasteiger partial charge in [0.25, 0.3) is 5.91 Å². The summed E-state index contributed by atoms with van der Waals surface area (Å²) in [5, 5.41) is 0.802. The smallest absolute Gasteiger partial charge is 0.343 e. The van der Waals surface area contributed by atoms with Gasteiger partial charge in [0.1, 0.15) is 0 Å². The third-order valence-electron chi connectivity index (χ3n) is 9.04. The molecule has 0 aliphatic carbocycles. The number of hydrogen-bond donors (Lipinski definition) is 0. The second-order valence-electron chi connectivity index (χ2n) is 11.8. The Morgan fingerprint density at radius 2 is 1.38 bits per heavy atom. The van der Waals surface area contributed by atoms with Gasteiger partial charge in [-0.2, -0.15) is 13.2 Å². The summed E-state index contributed by atoms with van der Waals surface area (Å²) in [6.07, 6.45) is -2.62. The maximum atomic E-state index is 13.7. The van der Waals surface area contributed by atoms with Crippen molar-refractivity contribution >= 4 is 40.9 Å². The van der Waals surface area contributed by atoms with Gasteiger partial charge in [-0.3, -0.25) is 14.4 Å². The van der Waals surface area contributed by atoms with E-state index in [-0.39, 0.29) is 35.6 Å². The largest absolute Gasteiger partial charge is 0.416 e. The van der Waals surface area contributed by atoms with Gasteiger partial charge in [0.05, 0.1) is 15.6 Å². The third-order valence-corrected chi connectivity index (χ3v) is 9.78. The molecule has 45 heavy (non-hydrogen) atoms. The van der Waals surface area contributed by atoms with Crippen molar-refractivity contribution in [2.24, 2.45) is 5.92 Å². The number of carbonyl (C=O) groups excluding carboxylic acids is 3. The predicted molar refractivity (Wildman–Crippen MR) is 168 cm³/mol. The van der Waals surface area contributed by atoms with E-state index in [9.17, 15) is 27.6 Å². The summed E-state index contributed by atoms with van der Waals surface area (Å²) >= 11 is 12.6. The number of amides is 3. The Morgan fingerprint density at radius 1 is 0.800 bits per heavy atom. The summed E-state index contributed by atoms with van der Waals surface area (Å²) in [5.74, 6) is -0.512. The van der Waals surface area contributed by atoms with Gasteiger partial charge >= 0.3 is 6.18 Å². The molecule has 3 amide bonds. The van der Waals surface area contributed by atoms with Crippen molar-refractivity contribution < 1.29 is 27.6 Å². The standard InChI is InChI=1S/C34H34Cl2F3N3O3/c1-21(43)41-16-13-25(14-17-41)33(45)42-18-15-31(28(20-42)26-9-12-29(35)30(36)19-26)40(2)32(44)24-5-3-22(4-6-24)23-7-10-27(11-8-23)34(37,38)39/h3-12,19,25,28,31H,13-18,20H2,1-2H3/t28-,31+/m0/s1. The van der Waals surface area contributed by atoms with E-state index in [1.807, 2.05) is 11.0 Å². The van der Waals surface area contributed by atoms with Gasteiger partial charge < -0.3 is 14.7 Å². The molecule has 3 aromatic carbocycles. The van der Waals surface area contributed by atoms with E-state index in [1.165, 1.54) is 12.1 Å². The molecule has 0 saturated carbocycles. The van der Waals surface area contributed by atoms with Crippen LogP contribution in [0.25, 0.3) is 11.1 Å². The molecule has 238 valence electrons. The number of likely N-dealkylation sites (N-methyl/N-ethyl adjacent to an activating group) is 1. The molecule has 0 aromatic heterocycles. The third kappa shape index (κ3) is 7.31. The van der Waals surface area contributed by atoms with E-state index in [4.69, 9.17) is 23.2 Å². The normalized spacial score (nSPS) is 19.4. The van der Waals surface area contributed by atoms with Crippen LogP contribution in [0.1, 0.15) is 53.6 Å². The molecule has 6 nitrogen and oxygen atoms in total. The average Bonchev–Trinajstić information content (AvgIpc) is 3.04. The minimum Gasteiger partial charge on any atom is -0.343 e. The Labute approximate surface area is 270 Å². The molecule has 0 spiro atoms. The molecule has 3 aromatic rings. The topological polar surface area (TPSA) is 60.9 Å². The van der Waals surface area contributed by atoms with E-state index in [1.54, 1.807) is 60.2 Å². The molecule has 2 saturated heterocycles. The monoisotopic (exact) mass is 659 g/mol. The number of likely N-dealkylation sites (tertiary alicyclic amines) is 2. The lowest BCUT2D eigenvalue weighted by Crippen LogP contribution is -2.53. The van der Waals surface area contributed by atoms with E-state index in [2.05, 4.69) is 0 Å². The van der Waals surface area contributed by atoms with Crippen molar-refractivity contribution in [3.05, 3.63) is 93.5 Å². The van der Waals surface area contributed by atoms with Crippen molar-refractivity contribution in [1.82, 2.24) is 14.7 Å². The second-order valence-corrected chi connectivity index (χ2v) is 12.6. The SMILES string of the molecule is CC(=O)N1CCC(C(=O)N2CC[C@@H](N(C)C(=O)c3ccc(-c4ccc(C(F)(F)F)cc4)cc3)[C@H](c3ccc(Cl)c(Cl)c3)C2)CC1. The van der Waals surface area contributed by atoms with E-state index >= 15 is 0 Å². The number of benzene rings is 3. The zero-order chi connectivity index (χ0) is 32.5. The van der Waals surface area contributed by atoms with Crippen molar-refractivity contribution in [3.63, 3.8) is 0 Å². The van der Waals surface area contributed by atoms with Crippen molar-refractivity contribution in [3.8, 4) is 11.1 Å². The highest BCUT2D eigenvalue weighted by Gasteiger charge is 2.39. The number of nitrogens with zero attached hydrogens (tertiary/aromatic N) is 3. The van der Waals surface area contributed by atoms with Crippen molar-refractivity contribution in [1.29, 1.82) is 0 Å². The van der Waals surface area contributed by atoms with Gasteiger partial charge in [-0.15, -0.1) is 0 Å². The van der Waals surface area contributed by atoms with Gasteiger partial charge in [0, 0.05) is 63.6 Å². The molecule has 2 heterocycles. The van der Waals surface area contributed by atoms with Crippen LogP contribution in [0.2, 0.25) is 10.0 Å². The minimum atomic E-state index is -4.41. The number of piperidine rings is 2. The first-order valence-electron chi connectivity index (χ1n) is 14.9. The molecule has 5 rings (SSSR count). The molecule has 0 N–H and O–H groups in total. The lowest BCUT2D eigenvalue weighted by molar-refractivity contribution is -0.141. The molecule has 0 unspecified atom stereocenters. The van der Waals surface area contributed by atoms with Gasteiger partial charge in [0.15, 0.2) is 0 Å². The maximum absolute atomic E-state index is 13.7. The quantitative estimate of drug-likeness (QED) is 0.287. The second kappa shape index (κ2) is 13.4. The summed E-state index contributed by atoms with van der Waals surface area (Å²) in [6, 6.07) is 16.8. The number of halogens is 5. The summed E-state index contributed by atoms with van der Waals surface area (Å²) in [6.45, 7) is 3.55. The fraction of sp³-hybridized carbons (Fsp3) is 0.382. The fourth-order valence-electron chi connectivity index (χ4n) is 6.38. The Bertz CT molecular complexity index is 1560. The van der Waals surface area contributed by atoms with Crippen LogP contribution in [0.15, 0.2) is 66.7 Å². The van der Waals surface area contributed by atoms with Crippen LogP contribution in [-0.2, 0) is 15.8 Å². The lowest BCUT2D eigenvalue weighted by Gasteiger charge is -2.44. The lowest BCUT2D eigenvalue weighted by atomic mass is 9.83. The van der Waals surface area contributed by atoms with Gasteiger partial charge in [-0.25, -0.2) is 0 Å². The molecule has 2 aliphatic rings. The van der Waals surface area contributed by atoms with Crippen molar-refractivity contribution in [2.45, 2.75) is 44.3 Å². The van der Waals surface area contributed by atoms with Crippen LogP contribution >= 0.6 is 23.2 Å². The van der Waals surface area contributed by atoms with E-state index in [0.29, 0.717) is 72.2 Å². The van der Waals surface area contributed by atoms with Crippen LogP contribution in [-0.4, -0.2) is 71.7 Å². The summed E-state index contributed by atoms with van der Waals surface area (Å²) in [4.78, 5) is 44.4. The fourth-order valence-corrected chi connectivity index (χ4v) is 6.69. The first-order chi connectivity index (χ1) is 21.3. The molecule has 2 atom stereocenters. The van der Waals surface area contributed by atoms with Crippen molar-refractivity contribution in [2.75, 3.05) is 33.2 Å². The maximum Gasteiger partial charge on any atom is 0.416 e. The highest BCUT2D eigenvalue weighted by molar-refractivity contribution is 6.42. The van der Waals surface area contributed by atoms with Crippen LogP contribution in [0.4, 0.5) is 13.2 Å². The van der Waals surface area contributed by atoms with Gasteiger partial charge in [-0.1, -0.05) is 53.5 Å². The number of hydrogen-bond acceptors (Lipinski definition) is 3. The first kappa shape index (κ1) is 32.8. The van der Waals surface area contributed by atoms with Gasteiger partial charge in [0.2, 0.25) is 11.8 Å². The van der Waals surface area contributed by atoms with E-state index < -0.39 is 11.7 Å². The molecule has 2 fully saturated rings. The molecular weight excluding hydrogens is 626 g/mol. The zero-order valence-electron chi connectivity index (χ0n) is 25.0. The Balaban J connectivity index is 1.33.